The molecule has 0 heterocycles. The normalized spacial score (nSPS) is 14.8. The van der Waals surface area contributed by atoms with Gasteiger partial charge in [0.15, 0.2) is 14.7 Å². The van der Waals surface area contributed by atoms with Gasteiger partial charge in [-0.3, -0.25) is 0 Å². The Morgan fingerprint density at radius 1 is 1.04 bits per heavy atom. The summed E-state index contributed by atoms with van der Waals surface area (Å²) in [6, 6.07) is 2.12. The highest BCUT2D eigenvalue weighted by molar-refractivity contribution is 7.96. The molecule has 1 rings (SSSR count). The molecule has 150 valence electrons. The van der Waals surface area contributed by atoms with E-state index in [4.69, 9.17) is 5.26 Å². The Labute approximate surface area is 152 Å². The number of benzene rings is 1. The Bertz CT molecular complexity index is 832. The summed E-state index contributed by atoms with van der Waals surface area (Å²) in [5.74, 6) is -0.364. The van der Waals surface area contributed by atoms with Crippen LogP contribution in [0.5, 0.6) is 0 Å². The molecular weight excluding hydrogens is 398 g/mol. The van der Waals surface area contributed by atoms with Gasteiger partial charge in [-0.05, 0) is 31.0 Å². The van der Waals surface area contributed by atoms with Crippen molar-refractivity contribution < 1.29 is 34.8 Å². The van der Waals surface area contributed by atoms with E-state index in [0.717, 1.165) is 0 Å². The van der Waals surface area contributed by atoms with Crippen molar-refractivity contribution in [2.75, 3.05) is 5.32 Å². The van der Waals surface area contributed by atoms with Crippen LogP contribution >= 0.6 is 0 Å². The second-order valence-electron chi connectivity index (χ2n) is 6.05. The quantitative estimate of drug-likeness (QED) is 0.546. The number of sulfone groups is 1. The highest BCUT2D eigenvalue weighted by Crippen LogP contribution is 2.37. The van der Waals surface area contributed by atoms with Crippen LogP contribution in [0.3, 0.4) is 0 Å². The highest BCUT2D eigenvalue weighted by Gasteiger charge is 2.37. The van der Waals surface area contributed by atoms with Gasteiger partial charge < -0.3 is 5.32 Å². The molecule has 0 fully saturated rings. The van der Waals surface area contributed by atoms with Crippen LogP contribution < -0.4 is 5.32 Å². The lowest BCUT2D eigenvalue weighted by molar-refractivity contribution is -0.143. The lowest BCUT2D eigenvalue weighted by Gasteiger charge is -2.16. The van der Waals surface area contributed by atoms with E-state index < -0.39 is 49.2 Å². The minimum atomic E-state index is -5.04. The molecule has 1 aromatic rings. The zero-order chi connectivity index (χ0) is 21.2. The first-order chi connectivity index (χ1) is 12.1. The van der Waals surface area contributed by atoms with Crippen LogP contribution in [0.15, 0.2) is 29.3 Å². The lowest BCUT2D eigenvalue weighted by atomic mass is 10.1. The number of hydrogen-bond acceptors (Lipinski definition) is 4. The minimum absolute atomic E-state index is 0.0579. The van der Waals surface area contributed by atoms with E-state index in [1.165, 1.54) is 13.0 Å². The molecule has 0 amide bonds. The number of nitriles is 1. The first kappa shape index (κ1) is 22.8. The number of alkyl halides is 6. The summed E-state index contributed by atoms with van der Waals surface area (Å²) in [4.78, 5) is -0.797. The molecule has 1 unspecified atom stereocenters. The molecule has 0 spiro atoms. The Morgan fingerprint density at radius 3 is 1.81 bits per heavy atom. The number of nitrogens with zero attached hydrogens (tertiary/aromatic N) is 1. The van der Waals surface area contributed by atoms with Gasteiger partial charge in [0.1, 0.15) is 6.07 Å². The fourth-order valence-electron chi connectivity index (χ4n) is 1.92. The van der Waals surface area contributed by atoms with Crippen molar-refractivity contribution in [3.05, 3.63) is 40.4 Å². The van der Waals surface area contributed by atoms with Gasteiger partial charge in [0.2, 0.25) is 0 Å². The summed E-state index contributed by atoms with van der Waals surface area (Å²) in [5.41, 5.74) is -3.78. The molecule has 1 atom stereocenters. The van der Waals surface area contributed by atoms with Crippen LogP contribution in [-0.4, -0.2) is 13.7 Å². The maximum atomic E-state index is 12.8. The van der Waals surface area contributed by atoms with Crippen LogP contribution in [0, 0.1) is 17.2 Å². The molecular formula is C16H16F6N2O2S. The van der Waals surface area contributed by atoms with Gasteiger partial charge in [0.05, 0.1) is 16.4 Å². The molecule has 0 saturated carbocycles. The molecule has 0 aromatic heterocycles. The Morgan fingerprint density at radius 2 is 1.48 bits per heavy atom. The monoisotopic (exact) mass is 414 g/mol. The standard InChI is InChI=1S/C16H16F6N2O2S/c1-9(2)10(3)27(25,26)14(7-23)8-24-13-5-11(15(17,18)19)4-12(6-13)16(20,21)22/h4-6,8-10,24H,1-3H3/b14-8+. The Hall–Kier alpha value is -2.22. The summed E-state index contributed by atoms with van der Waals surface area (Å²) in [7, 11) is -4.10. The van der Waals surface area contributed by atoms with Gasteiger partial charge >= 0.3 is 12.4 Å². The summed E-state index contributed by atoms with van der Waals surface area (Å²) in [6.45, 7) is 4.53. The summed E-state index contributed by atoms with van der Waals surface area (Å²) < 4.78 is 102. The molecule has 4 nitrogen and oxygen atoms in total. The first-order valence-corrected chi connectivity index (χ1v) is 9.05. The van der Waals surface area contributed by atoms with Crippen LogP contribution in [0.4, 0.5) is 32.0 Å². The molecule has 1 N–H and O–H groups in total. The first-order valence-electron chi connectivity index (χ1n) is 7.51. The fraction of sp³-hybridized carbons (Fsp3) is 0.438. The smallest absolute Gasteiger partial charge is 0.360 e. The van der Waals surface area contributed by atoms with Gasteiger partial charge in [-0.2, -0.15) is 31.6 Å². The third kappa shape index (κ3) is 5.63. The molecule has 0 aliphatic rings. The van der Waals surface area contributed by atoms with Crippen molar-refractivity contribution in [3.63, 3.8) is 0 Å². The van der Waals surface area contributed by atoms with Gasteiger partial charge in [-0.25, -0.2) is 8.42 Å². The van der Waals surface area contributed by atoms with Gasteiger partial charge in [-0.1, -0.05) is 13.8 Å². The van der Waals surface area contributed by atoms with Gasteiger partial charge in [-0.15, -0.1) is 0 Å². The second-order valence-corrected chi connectivity index (χ2v) is 8.33. The van der Waals surface area contributed by atoms with E-state index in [0.29, 0.717) is 18.3 Å². The maximum Gasteiger partial charge on any atom is 0.416 e. The number of rotatable bonds is 5. The van der Waals surface area contributed by atoms with Crippen molar-refractivity contribution >= 4 is 15.5 Å². The van der Waals surface area contributed by atoms with E-state index in [1.807, 2.05) is 0 Å². The predicted octanol–water partition coefficient (Wildman–Crippen LogP) is 4.96. The molecule has 11 heteroatoms. The van der Waals surface area contributed by atoms with Gasteiger partial charge in [0, 0.05) is 11.9 Å². The lowest BCUT2D eigenvalue weighted by Crippen LogP contribution is -2.24. The van der Waals surface area contributed by atoms with E-state index in [2.05, 4.69) is 5.32 Å². The van der Waals surface area contributed by atoms with Crippen molar-refractivity contribution in [2.45, 2.75) is 38.4 Å². The minimum Gasteiger partial charge on any atom is -0.360 e. The van der Waals surface area contributed by atoms with E-state index in [9.17, 15) is 34.8 Å². The van der Waals surface area contributed by atoms with Crippen LogP contribution in [0.25, 0.3) is 0 Å². The van der Waals surface area contributed by atoms with E-state index >= 15 is 0 Å². The third-order valence-electron chi connectivity index (χ3n) is 3.80. The maximum absolute atomic E-state index is 12.8. The SMILES string of the molecule is CC(C)C(C)S(=O)(=O)/C(C#N)=C/Nc1cc(C(F)(F)F)cc(C(F)(F)F)c1. The largest absolute Gasteiger partial charge is 0.416 e. The van der Waals surface area contributed by atoms with Crippen LogP contribution in [-0.2, 0) is 22.2 Å². The zero-order valence-electron chi connectivity index (χ0n) is 14.4. The number of halogens is 6. The molecule has 0 radical (unpaired) electrons. The number of allylic oxidation sites excluding steroid dienone is 1. The Balaban J connectivity index is 3.39. The zero-order valence-corrected chi connectivity index (χ0v) is 15.2. The summed E-state index contributed by atoms with van der Waals surface area (Å²) in [6.07, 6.45) is -9.50. The molecule has 0 aliphatic heterocycles. The number of nitrogens with one attached hydrogen (secondary N) is 1. The average molecular weight is 414 g/mol. The molecule has 27 heavy (non-hydrogen) atoms. The molecule has 0 saturated heterocycles. The molecule has 0 aliphatic carbocycles. The number of hydrogen-bond donors (Lipinski definition) is 1. The number of anilines is 1. The van der Waals surface area contributed by atoms with Crippen molar-refractivity contribution in [2.24, 2.45) is 5.92 Å². The fourth-order valence-corrected chi connectivity index (χ4v) is 3.39. The third-order valence-corrected chi connectivity index (χ3v) is 6.15. The summed E-state index contributed by atoms with van der Waals surface area (Å²) in [5, 5.41) is 10.1. The Kier molecular flexibility index (Phi) is 6.59. The topological polar surface area (TPSA) is 70.0 Å². The van der Waals surface area contributed by atoms with Gasteiger partial charge in [0.25, 0.3) is 0 Å². The van der Waals surface area contributed by atoms with E-state index in [1.54, 1.807) is 13.8 Å². The van der Waals surface area contributed by atoms with Crippen molar-refractivity contribution in [3.8, 4) is 6.07 Å². The van der Waals surface area contributed by atoms with Crippen LogP contribution in [0.1, 0.15) is 31.9 Å². The average Bonchev–Trinajstić information content (AvgIpc) is 2.52. The molecule has 1 aromatic carbocycles. The van der Waals surface area contributed by atoms with Crippen molar-refractivity contribution in [1.82, 2.24) is 0 Å². The second kappa shape index (κ2) is 7.80. The highest BCUT2D eigenvalue weighted by atomic mass is 32.2. The van der Waals surface area contributed by atoms with Crippen molar-refractivity contribution in [1.29, 1.82) is 5.26 Å². The molecule has 0 bridgehead atoms. The predicted molar refractivity (Wildman–Crippen MR) is 87.0 cm³/mol. The van der Waals surface area contributed by atoms with E-state index in [-0.39, 0.29) is 12.0 Å². The van der Waals surface area contributed by atoms with Crippen LogP contribution in [0.2, 0.25) is 0 Å². The summed E-state index contributed by atoms with van der Waals surface area (Å²) >= 11 is 0.